The average molecular weight is 555 g/mol. The van der Waals surface area contributed by atoms with Crippen LogP contribution in [-0.4, -0.2) is 48.6 Å². The number of para-hydroxylation sites is 2. The van der Waals surface area contributed by atoms with Crippen LogP contribution in [0.25, 0.3) is 10.4 Å². The highest BCUT2D eigenvalue weighted by Gasteiger charge is 2.40. The molecular weight excluding hydrogens is 527 g/mol. The molecule has 3 aliphatic rings. The Hall–Kier alpha value is -4.08. The van der Waals surface area contributed by atoms with Crippen LogP contribution in [0.15, 0.2) is 66.7 Å². The lowest BCUT2D eigenvalue weighted by atomic mass is 10.1. The first-order valence-electron chi connectivity index (χ1n) is 13.4. The first kappa shape index (κ1) is 24.9. The van der Waals surface area contributed by atoms with Gasteiger partial charge in [0.05, 0.1) is 35.0 Å². The molecule has 2 aromatic carbocycles. The summed E-state index contributed by atoms with van der Waals surface area (Å²) in [6.45, 7) is 3.71. The first-order chi connectivity index (χ1) is 19.5. The van der Waals surface area contributed by atoms with E-state index in [0.717, 1.165) is 40.5 Å². The van der Waals surface area contributed by atoms with Gasteiger partial charge in [-0.05, 0) is 61.2 Å². The van der Waals surface area contributed by atoms with Crippen molar-refractivity contribution in [1.82, 2.24) is 4.98 Å². The zero-order valence-electron chi connectivity index (χ0n) is 21.9. The topological polar surface area (TPSA) is 74.8 Å². The molecule has 2 fully saturated rings. The summed E-state index contributed by atoms with van der Waals surface area (Å²) in [7, 11) is 0. The number of halogens is 1. The van der Waals surface area contributed by atoms with Gasteiger partial charge < -0.3 is 19.9 Å². The molecule has 2 atom stereocenters. The number of aryl methyl sites for hydroxylation is 1. The molecule has 1 N–H and O–H groups in total. The van der Waals surface area contributed by atoms with E-state index in [2.05, 4.69) is 10.2 Å². The number of hydrogen-bond acceptors (Lipinski definition) is 6. The van der Waals surface area contributed by atoms with E-state index in [-0.39, 0.29) is 23.6 Å². The van der Waals surface area contributed by atoms with Crippen LogP contribution in [0.3, 0.4) is 0 Å². The molecule has 0 spiro atoms. The van der Waals surface area contributed by atoms with Crippen LogP contribution >= 0.6 is 11.3 Å². The molecule has 40 heavy (non-hydrogen) atoms. The summed E-state index contributed by atoms with van der Waals surface area (Å²) in [6, 6.07) is 20.3. The lowest BCUT2D eigenvalue weighted by molar-refractivity contribution is 0.0978. The number of nitrogens with zero attached hydrogens (tertiary/aromatic N) is 3. The highest BCUT2D eigenvalue weighted by molar-refractivity contribution is 7.17. The fraction of sp³-hybridized carbons (Fsp3) is 0.258. The van der Waals surface area contributed by atoms with Crippen molar-refractivity contribution in [2.24, 2.45) is 0 Å². The van der Waals surface area contributed by atoms with E-state index in [4.69, 9.17) is 9.72 Å². The Kier molecular flexibility index (Phi) is 6.13. The Morgan fingerprint density at radius 3 is 2.75 bits per heavy atom. The van der Waals surface area contributed by atoms with E-state index in [1.54, 1.807) is 30.0 Å². The van der Waals surface area contributed by atoms with Crippen molar-refractivity contribution in [2.45, 2.75) is 31.9 Å². The second kappa shape index (κ2) is 9.83. The fourth-order valence-corrected chi connectivity index (χ4v) is 7.04. The van der Waals surface area contributed by atoms with Crippen LogP contribution in [-0.2, 0) is 11.2 Å². The normalized spacial score (nSPS) is 19.2. The number of fused-ring (bicyclic) bond motifs is 5. The Morgan fingerprint density at radius 2 is 1.95 bits per heavy atom. The van der Waals surface area contributed by atoms with Gasteiger partial charge in [-0.2, -0.15) is 0 Å². The molecule has 0 saturated carbocycles. The Labute approximate surface area is 235 Å². The van der Waals surface area contributed by atoms with E-state index in [0.29, 0.717) is 41.7 Å². The van der Waals surface area contributed by atoms with Gasteiger partial charge in [0, 0.05) is 23.5 Å². The summed E-state index contributed by atoms with van der Waals surface area (Å²) in [5.41, 5.74) is 3.91. The fourth-order valence-electron chi connectivity index (χ4n) is 5.91. The minimum absolute atomic E-state index is 0.155. The summed E-state index contributed by atoms with van der Waals surface area (Å²) >= 11 is 1.36. The van der Waals surface area contributed by atoms with Gasteiger partial charge in [-0.15, -0.1) is 11.3 Å². The third kappa shape index (κ3) is 4.26. The van der Waals surface area contributed by atoms with Crippen molar-refractivity contribution < 1.29 is 18.7 Å². The quantitative estimate of drug-likeness (QED) is 0.351. The number of morpholine rings is 1. The van der Waals surface area contributed by atoms with Crippen molar-refractivity contribution >= 4 is 40.3 Å². The number of aromatic nitrogens is 1. The minimum Gasteiger partial charge on any atom is -0.374 e. The predicted octanol–water partition coefficient (Wildman–Crippen LogP) is 5.69. The molecule has 5 heterocycles. The number of benzene rings is 2. The van der Waals surface area contributed by atoms with Gasteiger partial charge in [0.25, 0.3) is 11.8 Å². The number of thiophene rings is 1. The summed E-state index contributed by atoms with van der Waals surface area (Å²) in [6.07, 6.45) is 1.82. The minimum atomic E-state index is -0.464. The highest BCUT2D eigenvalue weighted by Crippen LogP contribution is 2.42. The molecule has 0 aliphatic carbocycles. The molecule has 9 heteroatoms. The number of carbonyl (C=O) groups is 2. The van der Waals surface area contributed by atoms with Crippen molar-refractivity contribution in [2.75, 3.05) is 34.8 Å². The summed E-state index contributed by atoms with van der Waals surface area (Å²) in [5.74, 6) is -0.157. The number of ether oxygens (including phenoxy) is 1. The number of hydrogen-bond donors (Lipinski definition) is 1. The van der Waals surface area contributed by atoms with Crippen molar-refractivity contribution in [3.05, 3.63) is 94.2 Å². The van der Waals surface area contributed by atoms with Crippen LogP contribution in [0, 0.1) is 12.7 Å². The Balaban J connectivity index is 1.18. The zero-order chi connectivity index (χ0) is 27.4. The molecule has 3 aliphatic heterocycles. The molecule has 7 nitrogen and oxygen atoms in total. The second-order valence-corrected chi connectivity index (χ2v) is 11.5. The smallest absolute Gasteiger partial charge is 0.276 e. The highest BCUT2D eigenvalue weighted by atomic mass is 32.1. The van der Waals surface area contributed by atoms with E-state index in [1.807, 2.05) is 42.5 Å². The van der Waals surface area contributed by atoms with Gasteiger partial charge in [0.15, 0.2) is 0 Å². The maximum atomic E-state index is 14.4. The molecule has 2 bridgehead atoms. The molecule has 4 aromatic rings. The number of rotatable bonds is 4. The number of pyridine rings is 1. The lowest BCUT2D eigenvalue weighted by Gasteiger charge is -2.28. The predicted molar refractivity (Wildman–Crippen MR) is 154 cm³/mol. The maximum absolute atomic E-state index is 14.4. The number of anilines is 3. The number of carbonyl (C=O) groups excluding carboxylic acids is 2. The van der Waals surface area contributed by atoms with Crippen LogP contribution in [0.5, 0.6) is 0 Å². The van der Waals surface area contributed by atoms with E-state index < -0.39 is 5.82 Å². The average Bonchev–Trinajstić information content (AvgIpc) is 3.70. The molecule has 0 unspecified atom stereocenters. The standard InChI is InChI=1S/C31H27FN4O3S/c1-18-6-4-8-23(32)28(18)34-30(37)26-14-19-12-13-35(25-10-3-2-7-22(25)29(19)40-26)31(38)24-9-5-11-27(33-24)36-16-21-15-20(36)17-39-21/h2-11,14,20-21H,12-13,15-17H2,1H3,(H,34,37)/t20-,21-/m1/s1. The third-order valence-corrected chi connectivity index (χ3v) is 9.14. The van der Waals surface area contributed by atoms with Crippen molar-refractivity contribution in [1.29, 1.82) is 0 Å². The lowest BCUT2D eigenvalue weighted by Crippen LogP contribution is -2.38. The number of amides is 2. The molecular formula is C31H27FN4O3S. The van der Waals surface area contributed by atoms with Crippen LogP contribution in [0.4, 0.5) is 21.6 Å². The largest absolute Gasteiger partial charge is 0.374 e. The number of nitrogens with one attached hydrogen (secondary N) is 1. The third-order valence-electron chi connectivity index (χ3n) is 7.93. The summed E-state index contributed by atoms with van der Waals surface area (Å²) in [5, 5.41) is 2.74. The van der Waals surface area contributed by atoms with Crippen LogP contribution in [0.2, 0.25) is 0 Å². The monoisotopic (exact) mass is 554 g/mol. The van der Waals surface area contributed by atoms with Gasteiger partial charge in [-0.25, -0.2) is 9.37 Å². The molecule has 0 radical (unpaired) electrons. The molecule has 202 valence electrons. The first-order valence-corrected chi connectivity index (χ1v) is 14.2. The van der Waals surface area contributed by atoms with Gasteiger partial charge >= 0.3 is 0 Å². The van der Waals surface area contributed by atoms with Crippen molar-refractivity contribution in [3.8, 4) is 10.4 Å². The van der Waals surface area contributed by atoms with Gasteiger partial charge in [0.1, 0.15) is 17.3 Å². The van der Waals surface area contributed by atoms with Crippen LogP contribution in [0.1, 0.15) is 37.7 Å². The van der Waals surface area contributed by atoms with Gasteiger partial charge in [0.2, 0.25) is 0 Å². The molecule has 2 amide bonds. The maximum Gasteiger partial charge on any atom is 0.276 e. The second-order valence-electron chi connectivity index (χ2n) is 10.5. The molecule has 7 rings (SSSR count). The van der Waals surface area contributed by atoms with E-state index >= 15 is 0 Å². The van der Waals surface area contributed by atoms with E-state index in [9.17, 15) is 14.0 Å². The van der Waals surface area contributed by atoms with Crippen molar-refractivity contribution in [3.63, 3.8) is 0 Å². The van der Waals surface area contributed by atoms with Gasteiger partial charge in [-0.3, -0.25) is 9.59 Å². The van der Waals surface area contributed by atoms with Crippen LogP contribution < -0.4 is 15.1 Å². The Morgan fingerprint density at radius 1 is 1.10 bits per heavy atom. The summed E-state index contributed by atoms with van der Waals surface area (Å²) < 4.78 is 20.1. The summed E-state index contributed by atoms with van der Waals surface area (Å²) in [4.78, 5) is 37.3. The van der Waals surface area contributed by atoms with E-state index in [1.165, 1.54) is 17.4 Å². The molecule has 2 saturated heterocycles. The van der Waals surface area contributed by atoms with Gasteiger partial charge in [-0.1, -0.05) is 36.4 Å². The molecule has 2 aromatic heterocycles. The zero-order valence-corrected chi connectivity index (χ0v) is 22.7. The SMILES string of the molecule is Cc1cccc(F)c1NC(=O)c1cc2c(s1)-c1ccccc1N(C(=O)c1cccc(N3C[C@H]4C[C@@H]3CO4)n1)CC2. The Bertz CT molecular complexity index is 1630.